The van der Waals surface area contributed by atoms with Crippen molar-refractivity contribution in [1.82, 2.24) is 10.2 Å². The van der Waals surface area contributed by atoms with Crippen LogP contribution in [0.25, 0.3) is 0 Å². The Kier molecular flexibility index (Phi) is 3.16. The number of amides is 2. The minimum absolute atomic E-state index is 0.0104. The van der Waals surface area contributed by atoms with Crippen molar-refractivity contribution in [2.75, 3.05) is 13.1 Å². The highest BCUT2D eigenvalue weighted by Crippen LogP contribution is 2.48. The van der Waals surface area contributed by atoms with E-state index in [-0.39, 0.29) is 12.8 Å². The van der Waals surface area contributed by atoms with Crippen LogP contribution in [-0.4, -0.2) is 35.7 Å². The summed E-state index contributed by atoms with van der Waals surface area (Å²) < 4.78 is 37.5. The fraction of sp³-hybridized carbons (Fsp3) is 0.889. The van der Waals surface area contributed by atoms with E-state index in [0.29, 0.717) is 13.1 Å². The Morgan fingerprint density at radius 3 is 2.07 bits per heavy atom. The first-order chi connectivity index (χ1) is 6.86. The molecule has 88 valence electrons. The molecule has 1 fully saturated rings. The van der Waals surface area contributed by atoms with Gasteiger partial charge >= 0.3 is 12.2 Å². The van der Waals surface area contributed by atoms with Gasteiger partial charge in [0.2, 0.25) is 0 Å². The van der Waals surface area contributed by atoms with Crippen LogP contribution in [0.3, 0.4) is 0 Å². The molecule has 0 aromatic rings. The fourth-order valence-corrected chi connectivity index (χ4v) is 1.40. The van der Waals surface area contributed by atoms with Gasteiger partial charge in [0.25, 0.3) is 0 Å². The lowest BCUT2D eigenvalue weighted by molar-refractivity contribution is -0.163. The van der Waals surface area contributed by atoms with Crippen LogP contribution in [-0.2, 0) is 0 Å². The molecule has 0 aromatic heterocycles. The lowest BCUT2D eigenvalue weighted by Crippen LogP contribution is -2.52. The molecule has 1 rings (SSSR count). The number of nitrogens with zero attached hydrogens (tertiary/aromatic N) is 1. The summed E-state index contributed by atoms with van der Waals surface area (Å²) in [5.41, 5.74) is -1.95. The number of rotatable bonds is 3. The second-order valence-electron chi connectivity index (χ2n) is 3.68. The van der Waals surface area contributed by atoms with Gasteiger partial charge in [0.1, 0.15) is 5.54 Å². The Balaban J connectivity index is 2.59. The SMILES string of the molecule is CCN(CC)C(=O)NC1(C(F)(F)F)CC1. The Labute approximate surface area is 86.6 Å². The van der Waals surface area contributed by atoms with Crippen molar-refractivity contribution in [3.05, 3.63) is 0 Å². The van der Waals surface area contributed by atoms with E-state index in [2.05, 4.69) is 5.32 Å². The van der Waals surface area contributed by atoms with Crippen LogP contribution in [0.1, 0.15) is 26.7 Å². The monoisotopic (exact) mass is 224 g/mol. The van der Waals surface area contributed by atoms with Crippen molar-refractivity contribution < 1.29 is 18.0 Å². The number of carbonyl (C=O) groups excluding carboxylic acids is 1. The molecule has 0 aliphatic heterocycles. The number of carbonyl (C=O) groups is 1. The minimum Gasteiger partial charge on any atom is -0.325 e. The van der Waals surface area contributed by atoms with Gasteiger partial charge in [-0.3, -0.25) is 0 Å². The van der Waals surface area contributed by atoms with Crippen molar-refractivity contribution in [2.24, 2.45) is 0 Å². The largest absolute Gasteiger partial charge is 0.411 e. The van der Waals surface area contributed by atoms with Crippen molar-refractivity contribution >= 4 is 6.03 Å². The third-order valence-electron chi connectivity index (χ3n) is 2.69. The molecule has 15 heavy (non-hydrogen) atoms. The van der Waals surface area contributed by atoms with E-state index in [1.54, 1.807) is 13.8 Å². The summed E-state index contributed by atoms with van der Waals surface area (Å²) in [6.07, 6.45) is -4.36. The summed E-state index contributed by atoms with van der Waals surface area (Å²) in [5, 5.41) is 2.07. The van der Waals surface area contributed by atoms with Crippen LogP contribution < -0.4 is 5.32 Å². The molecule has 0 aromatic carbocycles. The second-order valence-corrected chi connectivity index (χ2v) is 3.68. The van der Waals surface area contributed by atoms with E-state index in [1.807, 2.05) is 0 Å². The Morgan fingerprint density at radius 1 is 1.33 bits per heavy atom. The van der Waals surface area contributed by atoms with E-state index < -0.39 is 17.7 Å². The Bertz CT molecular complexity index is 244. The minimum atomic E-state index is -4.34. The lowest BCUT2D eigenvalue weighted by Gasteiger charge is -2.25. The molecule has 3 nitrogen and oxygen atoms in total. The molecule has 0 bridgehead atoms. The zero-order chi connectivity index (χ0) is 11.7. The molecule has 1 aliphatic rings. The molecule has 0 spiro atoms. The molecular formula is C9H15F3N2O. The predicted octanol–water partition coefficient (Wildman–Crippen LogP) is 2.13. The molecule has 0 unspecified atom stereocenters. The molecule has 2 amide bonds. The first kappa shape index (κ1) is 12.1. The van der Waals surface area contributed by atoms with Gasteiger partial charge in [-0.15, -0.1) is 0 Å². The quantitative estimate of drug-likeness (QED) is 0.782. The summed E-state index contributed by atoms with van der Waals surface area (Å²) >= 11 is 0. The highest BCUT2D eigenvalue weighted by molar-refractivity contribution is 5.75. The zero-order valence-electron chi connectivity index (χ0n) is 8.82. The van der Waals surface area contributed by atoms with Crippen LogP contribution in [0.5, 0.6) is 0 Å². The van der Waals surface area contributed by atoms with Crippen molar-refractivity contribution in [3.8, 4) is 0 Å². The Morgan fingerprint density at radius 2 is 1.80 bits per heavy atom. The number of hydrogen-bond donors (Lipinski definition) is 1. The fourth-order valence-electron chi connectivity index (χ4n) is 1.40. The molecule has 1 aliphatic carbocycles. The molecule has 0 heterocycles. The molecule has 1 N–H and O–H groups in total. The van der Waals surface area contributed by atoms with E-state index in [9.17, 15) is 18.0 Å². The third kappa shape index (κ3) is 2.35. The van der Waals surface area contributed by atoms with Crippen molar-refractivity contribution in [2.45, 2.75) is 38.4 Å². The highest BCUT2D eigenvalue weighted by Gasteiger charge is 2.64. The topological polar surface area (TPSA) is 32.3 Å². The summed E-state index contributed by atoms with van der Waals surface area (Å²) in [6, 6.07) is -0.630. The summed E-state index contributed by atoms with van der Waals surface area (Å²) in [6.45, 7) is 4.29. The number of hydrogen-bond acceptors (Lipinski definition) is 1. The van der Waals surface area contributed by atoms with E-state index in [0.717, 1.165) is 0 Å². The van der Waals surface area contributed by atoms with Crippen molar-refractivity contribution in [1.29, 1.82) is 0 Å². The second kappa shape index (κ2) is 3.90. The van der Waals surface area contributed by atoms with E-state index in [4.69, 9.17) is 0 Å². The first-order valence-electron chi connectivity index (χ1n) is 5.00. The van der Waals surface area contributed by atoms with Gasteiger partial charge in [-0.1, -0.05) is 0 Å². The molecule has 0 saturated heterocycles. The Hall–Kier alpha value is -0.940. The highest BCUT2D eigenvalue weighted by atomic mass is 19.4. The normalized spacial score (nSPS) is 18.5. The molecule has 1 saturated carbocycles. The number of urea groups is 1. The smallest absolute Gasteiger partial charge is 0.325 e. The average molecular weight is 224 g/mol. The third-order valence-corrected chi connectivity index (χ3v) is 2.69. The van der Waals surface area contributed by atoms with E-state index in [1.165, 1.54) is 4.90 Å². The average Bonchev–Trinajstić information content (AvgIpc) is 2.86. The van der Waals surface area contributed by atoms with Crippen LogP contribution in [0.4, 0.5) is 18.0 Å². The lowest BCUT2D eigenvalue weighted by atomic mass is 10.2. The maximum Gasteiger partial charge on any atom is 0.411 e. The van der Waals surface area contributed by atoms with Crippen LogP contribution in [0, 0.1) is 0 Å². The van der Waals surface area contributed by atoms with Crippen LogP contribution in [0.2, 0.25) is 0 Å². The van der Waals surface area contributed by atoms with Gasteiger partial charge in [-0.05, 0) is 26.7 Å². The summed E-state index contributed by atoms with van der Waals surface area (Å²) in [5.74, 6) is 0. The molecule has 6 heteroatoms. The summed E-state index contributed by atoms with van der Waals surface area (Å²) in [4.78, 5) is 12.8. The molecule has 0 radical (unpaired) electrons. The number of alkyl halides is 3. The maximum atomic E-state index is 12.5. The molecular weight excluding hydrogens is 209 g/mol. The van der Waals surface area contributed by atoms with Crippen LogP contribution >= 0.6 is 0 Å². The molecule has 0 atom stereocenters. The number of nitrogens with one attached hydrogen (secondary N) is 1. The summed E-state index contributed by atoms with van der Waals surface area (Å²) in [7, 11) is 0. The van der Waals surface area contributed by atoms with Gasteiger partial charge in [0.15, 0.2) is 0 Å². The number of halogens is 3. The standard InChI is InChI=1S/C9H15F3N2O/c1-3-14(4-2)7(15)13-8(5-6-8)9(10,11)12/h3-6H2,1-2H3,(H,13,15). The van der Waals surface area contributed by atoms with Gasteiger partial charge in [-0.25, -0.2) is 4.79 Å². The predicted molar refractivity (Wildman–Crippen MR) is 49.5 cm³/mol. The maximum absolute atomic E-state index is 12.5. The van der Waals surface area contributed by atoms with Crippen LogP contribution in [0.15, 0.2) is 0 Å². The van der Waals surface area contributed by atoms with Gasteiger partial charge in [0, 0.05) is 13.1 Å². The van der Waals surface area contributed by atoms with Gasteiger partial charge in [0.05, 0.1) is 0 Å². The van der Waals surface area contributed by atoms with Gasteiger partial charge in [-0.2, -0.15) is 13.2 Å². The van der Waals surface area contributed by atoms with Crippen molar-refractivity contribution in [3.63, 3.8) is 0 Å². The van der Waals surface area contributed by atoms with E-state index >= 15 is 0 Å². The first-order valence-corrected chi connectivity index (χ1v) is 5.00. The van der Waals surface area contributed by atoms with Gasteiger partial charge < -0.3 is 10.2 Å². The zero-order valence-corrected chi connectivity index (χ0v) is 8.82.